The SMILES string of the molecule is CCCc1cc2sc(Br)cc2s1. The van der Waals surface area contributed by atoms with Crippen LogP contribution >= 0.6 is 38.6 Å². The van der Waals surface area contributed by atoms with Crippen molar-refractivity contribution < 1.29 is 0 Å². The Morgan fingerprint density at radius 2 is 2.00 bits per heavy atom. The lowest BCUT2D eigenvalue weighted by molar-refractivity contribution is 0.941. The summed E-state index contributed by atoms with van der Waals surface area (Å²) in [6.45, 7) is 2.23. The summed E-state index contributed by atoms with van der Waals surface area (Å²) in [7, 11) is 0. The van der Waals surface area contributed by atoms with Crippen molar-refractivity contribution in [3.05, 3.63) is 20.8 Å². The van der Waals surface area contributed by atoms with Crippen molar-refractivity contribution >= 4 is 48.0 Å². The lowest BCUT2D eigenvalue weighted by Crippen LogP contribution is -1.71. The molecule has 64 valence electrons. The van der Waals surface area contributed by atoms with Crippen LogP contribution in [-0.4, -0.2) is 0 Å². The Kier molecular flexibility index (Phi) is 2.53. The van der Waals surface area contributed by atoms with Gasteiger partial charge in [0.2, 0.25) is 0 Å². The van der Waals surface area contributed by atoms with Crippen LogP contribution < -0.4 is 0 Å². The average molecular weight is 261 g/mol. The second-order valence-corrected chi connectivity index (χ2v) is 6.37. The van der Waals surface area contributed by atoms with Crippen LogP contribution in [0.3, 0.4) is 0 Å². The van der Waals surface area contributed by atoms with Crippen LogP contribution in [0.5, 0.6) is 0 Å². The quantitative estimate of drug-likeness (QED) is 0.736. The first-order valence-electron chi connectivity index (χ1n) is 3.97. The summed E-state index contributed by atoms with van der Waals surface area (Å²) in [6, 6.07) is 4.53. The second-order valence-electron chi connectivity index (χ2n) is 2.74. The molecule has 0 fully saturated rings. The smallest absolute Gasteiger partial charge is 0.0719 e. The van der Waals surface area contributed by atoms with Gasteiger partial charge in [0.25, 0.3) is 0 Å². The first-order valence-corrected chi connectivity index (χ1v) is 6.40. The summed E-state index contributed by atoms with van der Waals surface area (Å²) in [5.74, 6) is 0. The summed E-state index contributed by atoms with van der Waals surface area (Å²) < 4.78 is 4.09. The van der Waals surface area contributed by atoms with Crippen LogP contribution in [0, 0.1) is 0 Å². The van der Waals surface area contributed by atoms with Gasteiger partial charge in [-0.05, 0) is 34.5 Å². The molecule has 0 nitrogen and oxygen atoms in total. The third-order valence-electron chi connectivity index (χ3n) is 1.72. The summed E-state index contributed by atoms with van der Waals surface area (Å²) >= 11 is 7.24. The molecule has 0 spiro atoms. The number of fused-ring (bicyclic) bond motifs is 1. The van der Waals surface area contributed by atoms with Crippen molar-refractivity contribution in [1.82, 2.24) is 0 Å². The Morgan fingerprint density at radius 3 is 2.67 bits per heavy atom. The Bertz CT molecular complexity index is 355. The van der Waals surface area contributed by atoms with Gasteiger partial charge < -0.3 is 0 Å². The fraction of sp³-hybridized carbons (Fsp3) is 0.333. The van der Waals surface area contributed by atoms with Crippen molar-refractivity contribution in [2.45, 2.75) is 19.8 Å². The van der Waals surface area contributed by atoms with E-state index in [9.17, 15) is 0 Å². The second kappa shape index (κ2) is 3.48. The zero-order valence-corrected chi connectivity index (χ0v) is 9.98. The van der Waals surface area contributed by atoms with Crippen LogP contribution in [0.1, 0.15) is 18.2 Å². The van der Waals surface area contributed by atoms with Crippen LogP contribution in [-0.2, 0) is 6.42 Å². The highest BCUT2D eigenvalue weighted by atomic mass is 79.9. The Labute approximate surface area is 88.4 Å². The zero-order valence-electron chi connectivity index (χ0n) is 6.76. The van der Waals surface area contributed by atoms with E-state index in [2.05, 4.69) is 35.0 Å². The number of halogens is 1. The third-order valence-corrected chi connectivity index (χ3v) is 4.58. The molecule has 2 aromatic heterocycles. The van der Waals surface area contributed by atoms with E-state index >= 15 is 0 Å². The van der Waals surface area contributed by atoms with E-state index < -0.39 is 0 Å². The molecule has 0 saturated carbocycles. The molecule has 0 radical (unpaired) electrons. The van der Waals surface area contributed by atoms with E-state index in [1.165, 1.54) is 30.9 Å². The largest absolute Gasteiger partial charge is 0.139 e. The zero-order chi connectivity index (χ0) is 8.55. The minimum Gasteiger partial charge on any atom is -0.139 e. The number of hydrogen-bond acceptors (Lipinski definition) is 2. The van der Waals surface area contributed by atoms with E-state index in [-0.39, 0.29) is 0 Å². The molecule has 0 saturated heterocycles. The van der Waals surface area contributed by atoms with Gasteiger partial charge in [-0.3, -0.25) is 0 Å². The van der Waals surface area contributed by atoms with Gasteiger partial charge in [0.1, 0.15) is 0 Å². The van der Waals surface area contributed by atoms with Gasteiger partial charge in [0.05, 0.1) is 3.79 Å². The number of aryl methyl sites for hydroxylation is 1. The fourth-order valence-corrected chi connectivity index (χ4v) is 4.38. The van der Waals surface area contributed by atoms with Crippen LogP contribution in [0.4, 0.5) is 0 Å². The summed E-state index contributed by atoms with van der Waals surface area (Å²) in [6.07, 6.45) is 2.47. The maximum Gasteiger partial charge on any atom is 0.0719 e. The molecular formula is C9H9BrS2. The van der Waals surface area contributed by atoms with Gasteiger partial charge in [0, 0.05) is 14.3 Å². The summed E-state index contributed by atoms with van der Waals surface area (Å²) in [4.78, 5) is 1.52. The maximum atomic E-state index is 3.49. The van der Waals surface area contributed by atoms with E-state index in [4.69, 9.17) is 0 Å². The molecule has 0 aliphatic carbocycles. The van der Waals surface area contributed by atoms with Gasteiger partial charge in [-0.1, -0.05) is 13.3 Å². The number of thiophene rings is 2. The number of rotatable bonds is 2. The van der Waals surface area contributed by atoms with Crippen LogP contribution in [0.2, 0.25) is 0 Å². The molecule has 0 aliphatic rings. The average Bonchev–Trinajstić information content (AvgIpc) is 2.44. The van der Waals surface area contributed by atoms with Crippen molar-refractivity contribution in [2.75, 3.05) is 0 Å². The molecule has 2 heterocycles. The highest BCUT2D eigenvalue weighted by molar-refractivity contribution is 9.11. The molecule has 3 heteroatoms. The third kappa shape index (κ3) is 1.58. The summed E-state index contributed by atoms with van der Waals surface area (Å²) in [5.41, 5.74) is 0. The molecule has 0 atom stereocenters. The molecule has 12 heavy (non-hydrogen) atoms. The normalized spacial score (nSPS) is 11.2. The molecular weight excluding hydrogens is 252 g/mol. The standard InChI is InChI=1S/C9H9BrS2/c1-2-3-6-4-7-8(11-6)5-9(10)12-7/h4-5H,2-3H2,1H3. The molecule has 2 aromatic rings. The lowest BCUT2D eigenvalue weighted by atomic mass is 10.3. The van der Waals surface area contributed by atoms with E-state index in [1.54, 1.807) is 0 Å². The van der Waals surface area contributed by atoms with Gasteiger partial charge in [0.15, 0.2) is 0 Å². The molecule has 0 N–H and O–H groups in total. The highest BCUT2D eigenvalue weighted by Gasteiger charge is 2.04. The highest BCUT2D eigenvalue weighted by Crippen LogP contribution is 2.36. The molecule has 2 rings (SSSR count). The van der Waals surface area contributed by atoms with Crippen molar-refractivity contribution in [2.24, 2.45) is 0 Å². The van der Waals surface area contributed by atoms with Gasteiger partial charge in [-0.25, -0.2) is 0 Å². The van der Waals surface area contributed by atoms with E-state index in [0.29, 0.717) is 0 Å². The van der Waals surface area contributed by atoms with Crippen LogP contribution in [0.15, 0.2) is 15.9 Å². The Balaban J connectivity index is 2.43. The fourth-order valence-electron chi connectivity index (χ4n) is 1.23. The van der Waals surface area contributed by atoms with Gasteiger partial charge >= 0.3 is 0 Å². The molecule has 0 unspecified atom stereocenters. The number of hydrogen-bond donors (Lipinski definition) is 0. The first-order chi connectivity index (χ1) is 5.79. The van der Waals surface area contributed by atoms with E-state index in [1.807, 2.05) is 22.7 Å². The summed E-state index contributed by atoms with van der Waals surface area (Å²) in [5, 5.41) is 0. The Hall–Kier alpha value is 0.140. The predicted molar refractivity (Wildman–Crippen MR) is 61.4 cm³/mol. The monoisotopic (exact) mass is 260 g/mol. The van der Waals surface area contributed by atoms with Crippen LogP contribution in [0.25, 0.3) is 9.40 Å². The molecule has 0 aliphatic heterocycles. The topological polar surface area (TPSA) is 0 Å². The maximum absolute atomic E-state index is 3.49. The van der Waals surface area contributed by atoms with Gasteiger partial charge in [-0.2, -0.15) is 0 Å². The molecule has 0 amide bonds. The predicted octanol–water partition coefficient (Wildman–Crippen LogP) is 4.68. The lowest BCUT2D eigenvalue weighted by Gasteiger charge is -1.87. The van der Waals surface area contributed by atoms with E-state index in [0.717, 1.165) is 0 Å². The van der Waals surface area contributed by atoms with Crippen molar-refractivity contribution in [1.29, 1.82) is 0 Å². The first kappa shape index (κ1) is 8.73. The van der Waals surface area contributed by atoms with Crippen molar-refractivity contribution in [3.63, 3.8) is 0 Å². The molecule has 0 bridgehead atoms. The minimum absolute atomic E-state index is 1.23. The van der Waals surface area contributed by atoms with Crippen molar-refractivity contribution in [3.8, 4) is 0 Å². The molecule has 0 aromatic carbocycles. The minimum atomic E-state index is 1.23. The Morgan fingerprint density at radius 1 is 1.25 bits per heavy atom. The van der Waals surface area contributed by atoms with Gasteiger partial charge in [-0.15, -0.1) is 22.7 Å².